The van der Waals surface area contributed by atoms with Gasteiger partial charge in [-0.2, -0.15) is 0 Å². The van der Waals surface area contributed by atoms with Gasteiger partial charge in [-0.3, -0.25) is 0 Å². The molecule has 0 aliphatic rings. The summed E-state index contributed by atoms with van der Waals surface area (Å²) in [6, 6.07) is 0. The molecule has 0 aliphatic heterocycles. The molecule has 0 atom stereocenters. The van der Waals surface area contributed by atoms with Crippen LogP contribution in [0.15, 0.2) is 5.16 Å². The Morgan fingerprint density at radius 1 is 1.78 bits per heavy atom. The van der Waals surface area contributed by atoms with Crippen LogP contribution in [-0.2, 0) is 0 Å². The van der Waals surface area contributed by atoms with Crippen molar-refractivity contribution in [2.24, 2.45) is 0 Å². The van der Waals surface area contributed by atoms with Crippen LogP contribution in [0, 0.1) is 0 Å². The van der Waals surface area contributed by atoms with Crippen LogP contribution in [-0.4, -0.2) is 15.2 Å². The van der Waals surface area contributed by atoms with Crippen molar-refractivity contribution < 1.29 is 15.8 Å². The summed E-state index contributed by atoms with van der Waals surface area (Å²) in [5.74, 6) is 0.395. The molecule has 0 radical (unpaired) electrons. The van der Waals surface area contributed by atoms with E-state index < -0.39 is 0 Å². The summed E-state index contributed by atoms with van der Waals surface area (Å²) in [4.78, 5) is 3.90. The van der Waals surface area contributed by atoms with E-state index in [4.69, 9.17) is 5.73 Å². The van der Waals surface area contributed by atoms with Gasteiger partial charge in [0.1, 0.15) is 0 Å². The zero-order valence-corrected chi connectivity index (χ0v) is 9.27. The third-order valence-corrected chi connectivity index (χ3v) is 5.99. The van der Waals surface area contributed by atoms with E-state index in [1.165, 1.54) is 0 Å². The van der Waals surface area contributed by atoms with Gasteiger partial charge >= 0.3 is 75.4 Å². The van der Waals surface area contributed by atoms with Crippen LogP contribution in [0.1, 0.15) is 0 Å². The monoisotopic (exact) mass is 369 g/mol. The Bertz CT molecular complexity index is 188. The van der Waals surface area contributed by atoms with E-state index in [0.29, 0.717) is 5.95 Å². The fourth-order valence-corrected chi connectivity index (χ4v) is 4.62. The number of nitrogens with zero attached hydrogens (tertiary/aromatic N) is 2. The number of nitrogens with two attached hydrogens (primary N) is 1. The quantitative estimate of drug-likeness (QED) is 0.583. The van der Waals surface area contributed by atoms with Crippen molar-refractivity contribution in [1.29, 1.82) is 0 Å². The molecule has 0 bridgehead atoms. The minimum atomic E-state index is 0.128. The third kappa shape index (κ3) is 2.45. The minimum absolute atomic E-state index is 0.128. The van der Waals surface area contributed by atoms with Gasteiger partial charge in [-0.25, -0.2) is 0 Å². The number of rotatable bonds is 2. The molecular weight excluding hydrogens is 366 g/mol. The number of anilines is 1. The predicted octanol–water partition coefficient (Wildman–Crippen LogP) is -2.17. The predicted molar refractivity (Wildman–Crippen MR) is 40.7 cm³/mol. The summed E-state index contributed by atoms with van der Waals surface area (Å²) in [5, 5.41) is 7.15. The van der Waals surface area contributed by atoms with Gasteiger partial charge in [0.25, 0.3) is 0 Å². The molecule has 1 rings (SSSR count). The average molecular weight is 369 g/mol. The molecule has 3 N–H and O–H groups in total. The molecule has 52 valence electrons. The maximum absolute atomic E-state index is 5.28. The Hall–Kier alpha value is 0.750. The van der Waals surface area contributed by atoms with Crippen LogP contribution < -0.4 is 21.6 Å². The van der Waals surface area contributed by atoms with E-state index in [9.17, 15) is 0 Å². The van der Waals surface area contributed by atoms with Crippen LogP contribution in [0.3, 0.4) is 0 Å². The van der Waals surface area contributed by atoms with Crippen molar-refractivity contribution in [2.75, 3.05) is 5.73 Å². The fraction of sp³-hybridized carbons (Fsp3) is 0. The zero-order chi connectivity index (χ0) is 6.69. The number of aromatic amines is 1. The molecule has 0 unspecified atom stereocenters. The third-order valence-electron chi connectivity index (χ3n) is 0.580. The molecule has 0 saturated heterocycles. The molecule has 1 heterocycles. The number of aromatic nitrogens is 3. The second-order valence-corrected chi connectivity index (χ2v) is 10.8. The van der Waals surface area contributed by atoms with Crippen LogP contribution in [0.25, 0.3) is 0 Å². The molecule has 0 fully saturated rings. The van der Waals surface area contributed by atoms with Crippen molar-refractivity contribution in [1.82, 2.24) is 15.2 Å². The van der Waals surface area contributed by atoms with Gasteiger partial charge < -0.3 is 0 Å². The summed E-state index contributed by atoms with van der Waals surface area (Å²) in [5.41, 5.74) is 5.28. The second kappa shape index (κ2) is 3.81. The standard InChI is InChI=1S/C2H3I2N4S/c3-4-9-2-6-1(5)7-8-2/h(H3,5,6,7,8)/q-1. The summed E-state index contributed by atoms with van der Waals surface area (Å²) in [6.07, 6.45) is 0. The number of nitrogen functional groups attached to an aromatic ring is 1. The zero-order valence-electron chi connectivity index (χ0n) is 4.14. The summed E-state index contributed by atoms with van der Waals surface area (Å²) in [7, 11) is 1.66. The summed E-state index contributed by atoms with van der Waals surface area (Å²) in [6.45, 7) is 0. The Morgan fingerprint density at radius 3 is 3.00 bits per heavy atom. The van der Waals surface area contributed by atoms with Crippen molar-refractivity contribution >= 4 is 33.5 Å². The number of hydrogen-bond acceptors (Lipinski definition) is 4. The first-order chi connectivity index (χ1) is 4.33. The topological polar surface area (TPSA) is 67.6 Å². The summed E-state index contributed by atoms with van der Waals surface area (Å²) >= 11 is 2.47. The Balaban J connectivity index is 2.61. The van der Waals surface area contributed by atoms with Crippen LogP contribution in [0.4, 0.5) is 5.95 Å². The summed E-state index contributed by atoms with van der Waals surface area (Å²) < 4.78 is 0. The number of halogens is 2. The SMILES string of the molecule is Nc1nc(S[I-]I)n[nH]1. The van der Waals surface area contributed by atoms with E-state index in [2.05, 4.69) is 33.8 Å². The van der Waals surface area contributed by atoms with Crippen molar-refractivity contribution in [3.63, 3.8) is 0 Å². The fourth-order valence-electron chi connectivity index (χ4n) is 0.319. The van der Waals surface area contributed by atoms with Crippen LogP contribution in [0.2, 0.25) is 0 Å². The second-order valence-electron chi connectivity index (χ2n) is 1.14. The van der Waals surface area contributed by atoms with Gasteiger partial charge in [0.15, 0.2) is 0 Å². The Labute approximate surface area is 74.6 Å². The van der Waals surface area contributed by atoms with Crippen LogP contribution >= 0.6 is 27.5 Å². The van der Waals surface area contributed by atoms with Gasteiger partial charge in [0.05, 0.1) is 0 Å². The Morgan fingerprint density at radius 2 is 2.56 bits per heavy atom. The maximum atomic E-state index is 5.28. The number of hydrogen-bond donors (Lipinski definition) is 2. The van der Waals surface area contributed by atoms with E-state index in [1.54, 1.807) is 8.93 Å². The van der Waals surface area contributed by atoms with Gasteiger partial charge in [-0.1, -0.05) is 0 Å². The molecule has 9 heavy (non-hydrogen) atoms. The van der Waals surface area contributed by atoms with Gasteiger partial charge in [-0.15, -0.1) is 0 Å². The Kier molecular flexibility index (Phi) is 3.32. The molecule has 0 amide bonds. The molecule has 0 aliphatic carbocycles. The number of H-pyrrole nitrogens is 1. The first-order valence-corrected chi connectivity index (χ1v) is 11.6. The average Bonchev–Trinajstić information content (AvgIpc) is 2.17. The molecule has 0 saturated carbocycles. The van der Waals surface area contributed by atoms with Gasteiger partial charge in [-0.05, 0) is 0 Å². The number of nitrogens with one attached hydrogen (secondary N) is 1. The first kappa shape index (κ1) is 7.85. The van der Waals surface area contributed by atoms with E-state index in [0.717, 1.165) is 5.16 Å². The van der Waals surface area contributed by atoms with Crippen LogP contribution in [0.5, 0.6) is 0 Å². The van der Waals surface area contributed by atoms with Crippen molar-refractivity contribution in [3.05, 3.63) is 0 Å². The molecule has 4 nitrogen and oxygen atoms in total. The molecule has 7 heteroatoms. The van der Waals surface area contributed by atoms with E-state index in [-0.39, 0.29) is 15.8 Å². The van der Waals surface area contributed by atoms with E-state index in [1.807, 2.05) is 0 Å². The molecular formula is C2H3I2N4S-. The molecule has 0 aromatic carbocycles. The normalized spacial score (nSPS) is 10.3. The molecule has 1 aromatic rings. The van der Waals surface area contributed by atoms with E-state index >= 15 is 0 Å². The molecule has 0 spiro atoms. The first-order valence-electron chi connectivity index (χ1n) is 1.93. The molecule has 1 aromatic heterocycles. The van der Waals surface area contributed by atoms with Gasteiger partial charge in [0.2, 0.25) is 0 Å². The van der Waals surface area contributed by atoms with Crippen molar-refractivity contribution in [3.8, 4) is 0 Å². The van der Waals surface area contributed by atoms with Crippen molar-refractivity contribution in [2.45, 2.75) is 5.16 Å². The van der Waals surface area contributed by atoms with Gasteiger partial charge in [0, 0.05) is 0 Å².